The van der Waals surface area contributed by atoms with Gasteiger partial charge in [-0.1, -0.05) is 17.7 Å². The normalized spacial score (nSPS) is 13.5. The van der Waals surface area contributed by atoms with Crippen molar-refractivity contribution >= 4 is 25.1 Å². The fourth-order valence-electron chi connectivity index (χ4n) is 1.14. The van der Waals surface area contributed by atoms with Crippen molar-refractivity contribution in [2.45, 2.75) is 0 Å². The summed E-state index contributed by atoms with van der Waals surface area (Å²) in [6, 6.07) is 6.59. The van der Waals surface area contributed by atoms with Gasteiger partial charge in [0.2, 0.25) is 0 Å². The van der Waals surface area contributed by atoms with Crippen molar-refractivity contribution in [3.05, 3.63) is 34.9 Å². The Kier molecular flexibility index (Phi) is 5.60. The minimum absolute atomic E-state index is 0.0164. The van der Waals surface area contributed by atoms with Crippen LogP contribution in [0.25, 0.3) is 0 Å². The lowest BCUT2D eigenvalue weighted by molar-refractivity contribution is 0.312. The summed E-state index contributed by atoms with van der Waals surface area (Å²) < 4.78 is 20.9. The van der Waals surface area contributed by atoms with E-state index in [-0.39, 0.29) is 12.2 Å². The Morgan fingerprint density at radius 2 is 2.28 bits per heavy atom. The fraction of sp³-hybridized carbons (Fsp3) is 0.273. The molecule has 18 heavy (non-hydrogen) atoms. The Labute approximate surface area is 110 Å². The predicted molar refractivity (Wildman–Crippen MR) is 67.9 cm³/mol. The van der Waals surface area contributed by atoms with Crippen LogP contribution in [0.15, 0.2) is 29.8 Å². The molecule has 1 N–H and O–H groups in total. The van der Waals surface area contributed by atoms with Crippen molar-refractivity contribution in [1.82, 2.24) is 0 Å². The van der Waals surface area contributed by atoms with Gasteiger partial charge in [0, 0.05) is 12.1 Å². The maximum atomic E-state index is 11.3. The molecule has 0 saturated carbocycles. The number of hydrogen-bond donors (Lipinski definition) is 1. The molecule has 1 atom stereocenters. The summed E-state index contributed by atoms with van der Waals surface area (Å²) in [6.07, 6.45) is -0.409. The first-order chi connectivity index (χ1) is 8.46. The predicted octanol–water partition coefficient (Wildman–Crippen LogP) is 2.31. The smallest absolute Gasteiger partial charge is 0.332 e. The van der Waals surface area contributed by atoms with Gasteiger partial charge in [-0.3, -0.25) is 4.57 Å². The summed E-state index contributed by atoms with van der Waals surface area (Å²) in [4.78, 5) is 19.9. The Morgan fingerprint density at radius 3 is 2.83 bits per heavy atom. The molecule has 1 aromatic rings. The number of hydrogen-bond acceptors (Lipinski definition) is 4. The SMILES string of the molecule is COP(=O)(O)CC(=C=O)COc1cccc(Cl)c1. The molecule has 0 aliphatic heterocycles. The van der Waals surface area contributed by atoms with Crippen LogP contribution in [0, 0.1) is 0 Å². The maximum absolute atomic E-state index is 11.3. The standard InChI is InChI=1S/C11H12ClO5P/c1-16-18(14,15)8-9(6-13)7-17-11-4-2-3-10(12)5-11/h2-5H,7-8H2,1H3,(H,14,15). The Hall–Kier alpha value is -1.09. The molecule has 0 amide bonds. The molecule has 0 aliphatic carbocycles. The highest BCUT2D eigenvalue weighted by atomic mass is 35.5. The summed E-state index contributed by atoms with van der Waals surface area (Å²) in [6.45, 7) is -0.141. The number of carbonyl (C=O) groups excluding carboxylic acids is 1. The van der Waals surface area contributed by atoms with Crippen LogP contribution in [-0.2, 0) is 13.9 Å². The first-order valence-corrected chi connectivity index (χ1v) is 7.09. The van der Waals surface area contributed by atoms with Crippen molar-refractivity contribution in [3.8, 4) is 5.75 Å². The summed E-state index contributed by atoms with van der Waals surface area (Å²) in [5.74, 6) is 2.03. The van der Waals surface area contributed by atoms with Gasteiger partial charge in [-0.2, -0.15) is 0 Å². The van der Waals surface area contributed by atoms with Gasteiger partial charge in [0.15, 0.2) is 0 Å². The van der Waals surface area contributed by atoms with Crippen LogP contribution in [0.5, 0.6) is 5.75 Å². The average molecular weight is 291 g/mol. The van der Waals surface area contributed by atoms with E-state index in [1.807, 2.05) is 0 Å². The summed E-state index contributed by atoms with van der Waals surface area (Å²) in [5.41, 5.74) is 0.0164. The molecular formula is C11H12ClO5P. The third kappa shape index (κ3) is 5.05. The third-order valence-corrected chi connectivity index (χ3v) is 3.62. The van der Waals surface area contributed by atoms with Gasteiger partial charge < -0.3 is 14.2 Å². The average Bonchev–Trinajstić information content (AvgIpc) is 2.34. The van der Waals surface area contributed by atoms with E-state index >= 15 is 0 Å². The monoisotopic (exact) mass is 290 g/mol. The van der Waals surface area contributed by atoms with Crippen LogP contribution in [0.1, 0.15) is 0 Å². The zero-order valence-electron chi connectivity index (χ0n) is 9.63. The van der Waals surface area contributed by atoms with E-state index in [2.05, 4.69) is 4.52 Å². The molecule has 1 unspecified atom stereocenters. The van der Waals surface area contributed by atoms with Crippen molar-refractivity contribution < 1.29 is 23.5 Å². The fourth-order valence-corrected chi connectivity index (χ4v) is 2.09. The van der Waals surface area contributed by atoms with E-state index in [9.17, 15) is 14.3 Å². The Morgan fingerprint density at radius 1 is 1.56 bits per heavy atom. The van der Waals surface area contributed by atoms with Crippen LogP contribution in [0.2, 0.25) is 5.02 Å². The molecular weight excluding hydrogens is 279 g/mol. The molecule has 0 heterocycles. The highest BCUT2D eigenvalue weighted by Crippen LogP contribution is 2.42. The maximum Gasteiger partial charge on any atom is 0.332 e. The first-order valence-electron chi connectivity index (χ1n) is 4.95. The van der Waals surface area contributed by atoms with E-state index < -0.39 is 13.8 Å². The number of benzene rings is 1. The lowest BCUT2D eigenvalue weighted by Crippen LogP contribution is -2.07. The highest BCUT2D eigenvalue weighted by molar-refractivity contribution is 7.53. The molecule has 0 spiro atoms. The molecule has 98 valence electrons. The van der Waals surface area contributed by atoms with E-state index in [1.54, 1.807) is 30.2 Å². The zero-order chi connectivity index (χ0) is 13.6. The molecule has 7 heteroatoms. The molecule has 5 nitrogen and oxygen atoms in total. The second-order valence-electron chi connectivity index (χ2n) is 3.43. The van der Waals surface area contributed by atoms with E-state index in [0.717, 1.165) is 7.11 Å². The van der Waals surface area contributed by atoms with Gasteiger partial charge in [-0.15, -0.1) is 0 Å². The van der Waals surface area contributed by atoms with Crippen LogP contribution in [0.3, 0.4) is 0 Å². The van der Waals surface area contributed by atoms with Crippen molar-refractivity contribution in [1.29, 1.82) is 0 Å². The summed E-state index contributed by atoms with van der Waals surface area (Å²) in [5, 5.41) is 0.494. The summed E-state index contributed by atoms with van der Waals surface area (Å²) >= 11 is 5.75. The molecule has 1 aromatic carbocycles. The Balaban J connectivity index is 2.61. The molecule has 1 rings (SSSR count). The van der Waals surface area contributed by atoms with Crippen LogP contribution in [-0.4, -0.2) is 30.7 Å². The van der Waals surface area contributed by atoms with Crippen LogP contribution < -0.4 is 4.74 Å². The number of ether oxygens (including phenoxy) is 1. The number of rotatable bonds is 6. The van der Waals surface area contributed by atoms with Crippen molar-refractivity contribution in [3.63, 3.8) is 0 Å². The van der Waals surface area contributed by atoms with Gasteiger partial charge in [-0.25, -0.2) is 4.79 Å². The van der Waals surface area contributed by atoms with E-state index in [4.69, 9.17) is 16.3 Å². The lowest BCUT2D eigenvalue weighted by atomic mass is 10.3. The molecule has 0 saturated heterocycles. The number of halogens is 1. The van der Waals surface area contributed by atoms with Gasteiger partial charge in [0.1, 0.15) is 18.3 Å². The lowest BCUT2D eigenvalue weighted by Gasteiger charge is -2.10. The van der Waals surface area contributed by atoms with Crippen LogP contribution >= 0.6 is 19.2 Å². The minimum atomic E-state index is -3.78. The topological polar surface area (TPSA) is 72.8 Å². The summed E-state index contributed by atoms with van der Waals surface area (Å²) in [7, 11) is -2.68. The van der Waals surface area contributed by atoms with Crippen LogP contribution in [0.4, 0.5) is 0 Å². The molecule has 0 radical (unpaired) electrons. The van der Waals surface area contributed by atoms with Gasteiger partial charge in [0.05, 0.1) is 11.7 Å². The van der Waals surface area contributed by atoms with Crippen molar-refractivity contribution in [2.75, 3.05) is 19.9 Å². The van der Waals surface area contributed by atoms with E-state index in [0.29, 0.717) is 10.8 Å². The second kappa shape index (κ2) is 6.74. The molecule has 0 fully saturated rings. The molecule has 0 aliphatic rings. The quantitative estimate of drug-likeness (QED) is 0.643. The minimum Gasteiger partial charge on any atom is -0.488 e. The molecule has 0 bridgehead atoms. The van der Waals surface area contributed by atoms with Gasteiger partial charge >= 0.3 is 7.60 Å². The highest BCUT2D eigenvalue weighted by Gasteiger charge is 2.20. The van der Waals surface area contributed by atoms with Gasteiger partial charge in [-0.05, 0) is 18.2 Å². The third-order valence-electron chi connectivity index (χ3n) is 2.03. The van der Waals surface area contributed by atoms with Gasteiger partial charge in [0.25, 0.3) is 0 Å². The largest absolute Gasteiger partial charge is 0.488 e. The second-order valence-corrected chi connectivity index (χ2v) is 5.82. The van der Waals surface area contributed by atoms with E-state index in [1.165, 1.54) is 0 Å². The molecule has 0 aromatic heterocycles. The zero-order valence-corrected chi connectivity index (χ0v) is 11.3. The Bertz CT molecular complexity index is 510. The first kappa shape index (κ1) is 15.0. The van der Waals surface area contributed by atoms with Crippen molar-refractivity contribution in [2.24, 2.45) is 0 Å².